The molecule has 1 N–H and O–H groups in total. The van der Waals surface area contributed by atoms with Crippen LogP contribution in [0.5, 0.6) is 0 Å². The van der Waals surface area contributed by atoms with Gasteiger partial charge in [-0.25, -0.2) is 0 Å². The SMILES string of the molecule is O=C(NCC1(c2ccccc2)CC1)c1cc([N+](=O)[O-])ccc1Sc1nnnn1-c1ccccc1. The second-order valence-corrected chi connectivity index (χ2v) is 9.09. The van der Waals surface area contributed by atoms with Gasteiger partial charge in [0.05, 0.1) is 16.2 Å². The standard InChI is InChI=1S/C24H20N6O3S/c31-22(25-16-24(13-14-24)17-7-3-1-4-8-17)20-15-19(30(32)33)11-12-21(20)34-23-26-27-28-29(23)18-9-5-2-6-10-18/h1-12,15H,13-14,16H2,(H,25,31). The molecule has 0 atom stereocenters. The van der Waals surface area contributed by atoms with Crippen molar-refractivity contribution >= 4 is 23.4 Å². The topological polar surface area (TPSA) is 116 Å². The lowest BCUT2D eigenvalue weighted by Gasteiger charge is -2.17. The molecule has 1 amide bonds. The average Bonchev–Trinajstić information content (AvgIpc) is 3.53. The first-order chi connectivity index (χ1) is 16.6. The number of aromatic nitrogens is 4. The van der Waals surface area contributed by atoms with E-state index in [0.29, 0.717) is 16.6 Å². The quantitative estimate of drug-likeness (QED) is 0.302. The highest BCUT2D eigenvalue weighted by molar-refractivity contribution is 7.99. The molecule has 0 unspecified atom stereocenters. The smallest absolute Gasteiger partial charge is 0.270 e. The number of nitro groups is 1. The Morgan fingerprint density at radius 3 is 2.44 bits per heavy atom. The minimum atomic E-state index is -0.508. The van der Waals surface area contributed by atoms with E-state index in [1.54, 1.807) is 10.7 Å². The summed E-state index contributed by atoms with van der Waals surface area (Å²) in [6.45, 7) is 0.463. The predicted octanol–water partition coefficient (Wildman–Crippen LogP) is 4.18. The van der Waals surface area contributed by atoms with Crippen LogP contribution in [0.1, 0.15) is 28.8 Å². The van der Waals surface area contributed by atoms with Crippen molar-refractivity contribution in [3.05, 3.63) is 100 Å². The second-order valence-electron chi connectivity index (χ2n) is 8.08. The summed E-state index contributed by atoms with van der Waals surface area (Å²) in [7, 11) is 0. The number of amides is 1. The van der Waals surface area contributed by atoms with Gasteiger partial charge in [-0.2, -0.15) is 4.68 Å². The zero-order valence-corrected chi connectivity index (χ0v) is 18.8. The van der Waals surface area contributed by atoms with Crippen molar-refractivity contribution in [2.24, 2.45) is 0 Å². The number of nitrogens with one attached hydrogen (secondary N) is 1. The highest BCUT2D eigenvalue weighted by Crippen LogP contribution is 2.47. The van der Waals surface area contributed by atoms with E-state index in [2.05, 4.69) is 33.0 Å². The molecule has 170 valence electrons. The van der Waals surface area contributed by atoms with E-state index in [4.69, 9.17) is 0 Å². The lowest BCUT2D eigenvalue weighted by Crippen LogP contribution is -2.32. The molecule has 1 aliphatic carbocycles. The van der Waals surface area contributed by atoms with Crippen molar-refractivity contribution in [1.82, 2.24) is 25.5 Å². The van der Waals surface area contributed by atoms with Crippen LogP contribution in [0, 0.1) is 10.1 Å². The van der Waals surface area contributed by atoms with Gasteiger partial charge in [-0.3, -0.25) is 14.9 Å². The molecule has 1 saturated carbocycles. The number of hydrogen-bond donors (Lipinski definition) is 1. The van der Waals surface area contributed by atoms with Gasteiger partial charge in [-0.1, -0.05) is 48.5 Å². The van der Waals surface area contributed by atoms with Crippen LogP contribution in [0.25, 0.3) is 5.69 Å². The van der Waals surface area contributed by atoms with Gasteiger partial charge in [0.15, 0.2) is 0 Å². The molecule has 4 aromatic rings. The molecule has 0 saturated heterocycles. The van der Waals surface area contributed by atoms with Crippen molar-refractivity contribution in [3.8, 4) is 5.69 Å². The number of carbonyl (C=O) groups is 1. The van der Waals surface area contributed by atoms with Crippen molar-refractivity contribution in [1.29, 1.82) is 0 Å². The van der Waals surface area contributed by atoms with Gasteiger partial charge in [0.25, 0.3) is 11.6 Å². The Bertz CT molecular complexity index is 1340. The van der Waals surface area contributed by atoms with Crippen LogP contribution >= 0.6 is 11.8 Å². The Morgan fingerprint density at radius 2 is 1.76 bits per heavy atom. The summed E-state index contributed by atoms with van der Waals surface area (Å²) in [4.78, 5) is 24.6. The number of benzene rings is 3. The number of tetrazole rings is 1. The van der Waals surface area contributed by atoms with Gasteiger partial charge < -0.3 is 5.32 Å². The molecule has 9 nitrogen and oxygen atoms in total. The van der Waals surface area contributed by atoms with Crippen LogP contribution < -0.4 is 5.32 Å². The number of para-hydroxylation sites is 1. The van der Waals surface area contributed by atoms with E-state index in [1.165, 1.54) is 29.5 Å². The van der Waals surface area contributed by atoms with Gasteiger partial charge in [-0.15, -0.1) is 5.10 Å². The molecule has 0 radical (unpaired) electrons. The number of carbonyl (C=O) groups excluding carboxylic acids is 1. The van der Waals surface area contributed by atoms with Crippen LogP contribution in [0.3, 0.4) is 0 Å². The minimum Gasteiger partial charge on any atom is -0.351 e. The van der Waals surface area contributed by atoms with Crippen LogP contribution in [-0.2, 0) is 5.41 Å². The average molecular weight is 473 g/mol. The molecule has 5 rings (SSSR count). The summed E-state index contributed by atoms with van der Waals surface area (Å²) < 4.78 is 1.56. The summed E-state index contributed by atoms with van der Waals surface area (Å²) >= 11 is 1.18. The fourth-order valence-corrected chi connectivity index (χ4v) is 4.73. The Morgan fingerprint density at radius 1 is 1.06 bits per heavy atom. The summed E-state index contributed by atoms with van der Waals surface area (Å²) in [6, 6.07) is 23.7. The van der Waals surface area contributed by atoms with E-state index in [9.17, 15) is 14.9 Å². The van der Waals surface area contributed by atoms with E-state index < -0.39 is 4.92 Å². The maximum atomic E-state index is 13.2. The summed E-state index contributed by atoms with van der Waals surface area (Å²) in [5, 5.41) is 26.7. The first-order valence-corrected chi connectivity index (χ1v) is 11.5. The Balaban J connectivity index is 1.41. The zero-order chi connectivity index (χ0) is 23.5. The zero-order valence-electron chi connectivity index (χ0n) is 18.0. The first-order valence-electron chi connectivity index (χ1n) is 10.7. The minimum absolute atomic E-state index is 0.0810. The molecule has 0 spiro atoms. The molecular formula is C24H20N6O3S. The highest BCUT2D eigenvalue weighted by Gasteiger charge is 2.44. The predicted molar refractivity (Wildman–Crippen MR) is 126 cm³/mol. The first kappa shape index (κ1) is 21.8. The van der Waals surface area contributed by atoms with Crippen molar-refractivity contribution < 1.29 is 9.72 Å². The molecule has 10 heteroatoms. The van der Waals surface area contributed by atoms with Crippen LogP contribution in [0.15, 0.2) is 88.9 Å². The van der Waals surface area contributed by atoms with Crippen LogP contribution in [0.4, 0.5) is 5.69 Å². The normalized spacial score (nSPS) is 13.9. The lowest BCUT2D eigenvalue weighted by atomic mass is 9.96. The monoisotopic (exact) mass is 472 g/mol. The highest BCUT2D eigenvalue weighted by atomic mass is 32.2. The van der Waals surface area contributed by atoms with Crippen molar-refractivity contribution in [2.45, 2.75) is 28.3 Å². The van der Waals surface area contributed by atoms with E-state index in [1.807, 2.05) is 48.5 Å². The largest absolute Gasteiger partial charge is 0.351 e. The van der Waals surface area contributed by atoms with Crippen molar-refractivity contribution in [2.75, 3.05) is 6.54 Å². The maximum absolute atomic E-state index is 13.2. The summed E-state index contributed by atoms with van der Waals surface area (Å²) in [6.07, 6.45) is 1.97. The van der Waals surface area contributed by atoms with E-state index in [-0.39, 0.29) is 22.6 Å². The number of rotatable bonds is 8. The third-order valence-electron chi connectivity index (χ3n) is 5.89. The molecule has 0 bridgehead atoms. The van der Waals surface area contributed by atoms with Gasteiger partial charge in [0, 0.05) is 29.0 Å². The fourth-order valence-electron chi connectivity index (χ4n) is 3.82. The number of nitrogens with zero attached hydrogens (tertiary/aromatic N) is 5. The molecule has 1 aliphatic rings. The number of nitro benzene ring substituents is 1. The third-order valence-corrected chi connectivity index (χ3v) is 6.90. The number of non-ortho nitro benzene ring substituents is 1. The fraction of sp³-hybridized carbons (Fsp3) is 0.167. The van der Waals surface area contributed by atoms with E-state index >= 15 is 0 Å². The third kappa shape index (κ3) is 4.40. The molecule has 0 aliphatic heterocycles. The second kappa shape index (κ2) is 9.06. The molecular weight excluding hydrogens is 452 g/mol. The summed E-state index contributed by atoms with van der Waals surface area (Å²) in [5.74, 6) is -0.368. The lowest BCUT2D eigenvalue weighted by molar-refractivity contribution is -0.384. The molecule has 34 heavy (non-hydrogen) atoms. The molecule has 3 aromatic carbocycles. The summed E-state index contributed by atoms with van der Waals surface area (Å²) in [5.41, 5.74) is 1.93. The maximum Gasteiger partial charge on any atom is 0.270 e. The van der Waals surface area contributed by atoms with Gasteiger partial charge in [-0.05, 0) is 58.8 Å². The Labute approximate surface area is 199 Å². The molecule has 1 fully saturated rings. The van der Waals surface area contributed by atoms with Gasteiger partial charge >= 0.3 is 0 Å². The van der Waals surface area contributed by atoms with Crippen LogP contribution in [0.2, 0.25) is 0 Å². The van der Waals surface area contributed by atoms with Gasteiger partial charge in [0.1, 0.15) is 0 Å². The van der Waals surface area contributed by atoms with Crippen LogP contribution in [-0.4, -0.2) is 37.6 Å². The number of hydrogen-bond acceptors (Lipinski definition) is 7. The van der Waals surface area contributed by atoms with Crippen molar-refractivity contribution in [3.63, 3.8) is 0 Å². The Hall–Kier alpha value is -4.05. The molecule has 1 aromatic heterocycles. The Kier molecular flexibility index (Phi) is 5.81. The van der Waals surface area contributed by atoms with Gasteiger partial charge in [0.2, 0.25) is 5.16 Å². The molecule has 1 heterocycles. The van der Waals surface area contributed by atoms with E-state index in [0.717, 1.165) is 18.5 Å².